The van der Waals surface area contributed by atoms with Gasteiger partial charge >= 0.3 is 0 Å². The number of rotatable bonds is 9. The van der Waals surface area contributed by atoms with Crippen LogP contribution in [0.25, 0.3) is 5.69 Å². The fraction of sp³-hybridized carbons (Fsp3) is 0.348. The number of nitrogens with zero attached hydrogens (tertiary/aromatic N) is 4. The Morgan fingerprint density at radius 3 is 2.45 bits per heavy atom. The van der Waals surface area contributed by atoms with E-state index in [9.17, 15) is 5.11 Å². The number of aliphatic imine (C=N–C) groups is 1. The summed E-state index contributed by atoms with van der Waals surface area (Å²) in [6, 6.07) is 15.5. The molecule has 0 radical (unpaired) electrons. The maximum Gasteiger partial charge on any atom is 0.191 e. The number of aliphatic hydroxyl groups excluding tert-OH is 1. The number of aromatic nitrogens is 3. The van der Waals surface area contributed by atoms with Crippen LogP contribution in [0.2, 0.25) is 0 Å². The minimum atomic E-state index is -0.654. The maximum absolute atomic E-state index is 10.5. The van der Waals surface area contributed by atoms with Gasteiger partial charge in [0, 0.05) is 13.1 Å². The second-order valence-corrected chi connectivity index (χ2v) is 7.33. The molecule has 2 aromatic carbocycles. The van der Waals surface area contributed by atoms with Gasteiger partial charge in [-0.15, -0.1) is 0 Å². The van der Waals surface area contributed by atoms with Gasteiger partial charge < -0.3 is 20.5 Å². The summed E-state index contributed by atoms with van der Waals surface area (Å²) in [5, 5.41) is 21.1. The highest BCUT2D eigenvalue weighted by Gasteiger charge is 2.09. The number of hydrogen-bond donors (Lipinski definition) is 3. The average molecular weight is 423 g/mol. The Labute approximate surface area is 183 Å². The molecule has 0 aliphatic heterocycles. The van der Waals surface area contributed by atoms with Crippen LogP contribution >= 0.6 is 0 Å². The highest BCUT2D eigenvalue weighted by Crippen LogP contribution is 2.18. The molecule has 3 aromatic rings. The van der Waals surface area contributed by atoms with E-state index in [0.717, 1.165) is 29.1 Å². The van der Waals surface area contributed by atoms with Crippen molar-refractivity contribution >= 4 is 5.96 Å². The third-order valence-electron chi connectivity index (χ3n) is 4.48. The van der Waals surface area contributed by atoms with Crippen molar-refractivity contribution in [3.63, 3.8) is 0 Å². The maximum atomic E-state index is 10.5. The van der Waals surface area contributed by atoms with Crippen molar-refractivity contribution in [3.05, 3.63) is 72.3 Å². The van der Waals surface area contributed by atoms with Crippen LogP contribution in [0.15, 0.2) is 66.2 Å². The molecule has 3 N–H and O–H groups in total. The molecular weight excluding hydrogens is 392 g/mol. The molecular formula is C23H30N6O2. The number of benzene rings is 2. The fourth-order valence-corrected chi connectivity index (χ4v) is 2.96. The van der Waals surface area contributed by atoms with Crippen molar-refractivity contribution in [2.75, 3.05) is 13.1 Å². The third kappa shape index (κ3) is 6.82. The lowest BCUT2D eigenvalue weighted by Gasteiger charge is -2.16. The van der Waals surface area contributed by atoms with Crippen LogP contribution in [0, 0.1) is 0 Å². The Kier molecular flexibility index (Phi) is 8.00. The zero-order valence-corrected chi connectivity index (χ0v) is 18.2. The first kappa shape index (κ1) is 22.3. The predicted octanol–water partition coefficient (Wildman–Crippen LogP) is 2.84. The second-order valence-electron chi connectivity index (χ2n) is 7.33. The molecule has 8 heteroatoms. The lowest BCUT2D eigenvalue weighted by Crippen LogP contribution is -2.39. The van der Waals surface area contributed by atoms with E-state index in [0.29, 0.717) is 19.0 Å². The summed E-state index contributed by atoms with van der Waals surface area (Å²) in [7, 11) is 0. The van der Waals surface area contributed by atoms with Crippen molar-refractivity contribution in [2.24, 2.45) is 4.99 Å². The Hall–Kier alpha value is -3.39. The summed E-state index contributed by atoms with van der Waals surface area (Å²) < 4.78 is 7.36. The predicted molar refractivity (Wildman–Crippen MR) is 121 cm³/mol. The molecule has 0 aliphatic rings. The van der Waals surface area contributed by atoms with Crippen LogP contribution in [0.4, 0.5) is 0 Å². The van der Waals surface area contributed by atoms with Gasteiger partial charge in [-0.25, -0.2) is 14.7 Å². The van der Waals surface area contributed by atoms with E-state index in [-0.39, 0.29) is 6.10 Å². The molecule has 0 amide bonds. The van der Waals surface area contributed by atoms with Gasteiger partial charge in [0.05, 0.1) is 24.4 Å². The van der Waals surface area contributed by atoms with Crippen LogP contribution in [-0.4, -0.2) is 45.0 Å². The van der Waals surface area contributed by atoms with E-state index < -0.39 is 6.10 Å². The number of nitrogens with one attached hydrogen (secondary N) is 2. The quantitative estimate of drug-likeness (QED) is 0.362. The van der Waals surface area contributed by atoms with E-state index in [4.69, 9.17) is 4.74 Å². The number of guanidine groups is 1. The average Bonchev–Trinajstić information content (AvgIpc) is 3.31. The summed E-state index contributed by atoms with van der Waals surface area (Å²) >= 11 is 0. The number of ether oxygens (including phenoxy) is 1. The first-order chi connectivity index (χ1) is 15.0. The van der Waals surface area contributed by atoms with Crippen LogP contribution in [0.1, 0.15) is 38.0 Å². The summed E-state index contributed by atoms with van der Waals surface area (Å²) in [5.74, 6) is 1.45. The number of hydrogen-bond acceptors (Lipinski definition) is 5. The van der Waals surface area contributed by atoms with Gasteiger partial charge in [-0.1, -0.05) is 24.3 Å². The lowest BCUT2D eigenvalue weighted by atomic mass is 10.1. The van der Waals surface area contributed by atoms with Crippen molar-refractivity contribution in [1.82, 2.24) is 25.4 Å². The zero-order valence-electron chi connectivity index (χ0n) is 18.2. The van der Waals surface area contributed by atoms with Crippen LogP contribution in [-0.2, 0) is 6.54 Å². The summed E-state index contributed by atoms with van der Waals surface area (Å²) in [4.78, 5) is 8.58. The first-order valence-electron chi connectivity index (χ1n) is 10.5. The normalized spacial score (nSPS) is 12.6. The third-order valence-corrected chi connectivity index (χ3v) is 4.48. The van der Waals surface area contributed by atoms with Gasteiger partial charge in [0.1, 0.15) is 18.4 Å². The van der Waals surface area contributed by atoms with E-state index in [1.807, 2.05) is 69.3 Å². The molecule has 1 unspecified atom stereocenters. The zero-order chi connectivity index (χ0) is 22.1. The van der Waals surface area contributed by atoms with Crippen LogP contribution < -0.4 is 15.4 Å². The molecule has 0 aliphatic carbocycles. The minimum Gasteiger partial charge on any atom is -0.491 e. The first-order valence-corrected chi connectivity index (χ1v) is 10.5. The summed E-state index contributed by atoms with van der Waals surface area (Å²) in [5.41, 5.74) is 2.84. The van der Waals surface area contributed by atoms with Crippen molar-refractivity contribution in [2.45, 2.75) is 39.5 Å². The lowest BCUT2D eigenvalue weighted by molar-refractivity contribution is 0.180. The highest BCUT2D eigenvalue weighted by molar-refractivity contribution is 5.79. The summed E-state index contributed by atoms with van der Waals surface area (Å²) in [6.07, 6.45) is 2.64. The molecule has 0 spiro atoms. The van der Waals surface area contributed by atoms with Crippen molar-refractivity contribution < 1.29 is 9.84 Å². The largest absolute Gasteiger partial charge is 0.491 e. The molecule has 0 bridgehead atoms. The monoisotopic (exact) mass is 422 g/mol. The van der Waals surface area contributed by atoms with E-state index in [2.05, 4.69) is 25.7 Å². The smallest absolute Gasteiger partial charge is 0.191 e. The molecule has 1 atom stereocenters. The highest BCUT2D eigenvalue weighted by atomic mass is 16.5. The SMILES string of the molecule is CCNC(=NCc1ccc(-n2cncn2)cc1)NCC(O)c1ccc(OC(C)C)cc1. The van der Waals surface area contributed by atoms with Gasteiger partial charge in [-0.2, -0.15) is 5.10 Å². The van der Waals surface area contributed by atoms with E-state index in [1.54, 1.807) is 11.0 Å². The van der Waals surface area contributed by atoms with Gasteiger partial charge in [0.25, 0.3) is 0 Å². The molecule has 8 nitrogen and oxygen atoms in total. The molecule has 3 rings (SSSR count). The molecule has 31 heavy (non-hydrogen) atoms. The molecule has 0 fully saturated rings. The van der Waals surface area contributed by atoms with Gasteiger partial charge in [0.15, 0.2) is 5.96 Å². The Bertz CT molecular complexity index is 937. The molecule has 0 saturated heterocycles. The molecule has 1 heterocycles. The Morgan fingerprint density at radius 2 is 1.84 bits per heavy atom. The molecule has 164 valence electrons. The van der Waals surface area contributed by atoms with Gasteiger partial charge in [0.2, 0.25) is 0 Å². The Morgan fingerprint density at radius 1 is 1.10 bits per heavy atom. The van der Waals surface area contributed by atoms with Gasteiger partial charge in [-0.05, 0) is 56.2 Å². The van der Waals surface area contributed by atoms with Crippen molar-refractivity contribution in [3.8, 4) is 11.4 Å². The van der Waals surface area contributed by atoms with Crippen LogP contribution in [0.3, 0.4) is 0 Å². The number of aliphatic hydroxyl groups is 1. The fourth-order valence-electron chi connectivity index (χ4n) is 2.96. The van der Waals surface area contributed by atoms with E-state index in [1.165, 1.54) is 6.33 Å². The van der Waals surface area contributed by atoms with Crippen molar-refractivity contribution in [1.29, 1.82) is 0 Å². The van der Waals surface area contributed by atoms with Gasteiger partial charge in [-0.3, -0.25) is 0 Å². The molecule has 0 saturated carbocycles. The van der Waals surface area contributed by atoms with E-state index >= 15 is 0 Å². The second kappa shape index (κ2) is 11.1. The summed E-state index contributed by atoms with van der Waals surface area (Å²) in [6.45, 7) is 7.58. The van der Waals surface area contributed by atoms with Crippen LogP contribution in [0.5, 0.6) is 5.75 Å². The Balaban J connectivity index is 1.55. The molecule has 1 aromatic heterocycles. The minimum absolute atomic E-state index is 0.120. The standard InChI is InChI=1S/C23H30N6O2/c1-4-25-23(26-13-18-5-9-20(10-6-18)29-16-24-15-28-29)27-14-22(30)19-7-11-21(12-8-19)31-17(2)3/h5-12,15-17,22,30H,4,13-14H2,1-3H3,(H2,25,26,27). The topological polar surface area (TPSA) is 96.6 Å².